The van der Waals surface area contributed by atoms with Gasteiger partial charge in [0.1, 0.15) is 11.4 Å². The van der Waals surface area contributed by atoms with Gasteiger partial charge in [-0.15, -0.1) is 0 Å². The highest BCUT2D eigenvalue weighted by Gasteiger charge is 2.24. The molecule has 1 fully saturated rings. The van der Waals surface area contributed by atoms with Crippen LogP contribution in [0.3, 0.4) is 0 Å². The van der Waals surface area contributed by atoms with Gasteiger partial charge >= 0.3 is 0 Å². The van der Waals surface area contributed by atoms with Crippen LogP contribution in [0.5, 0.6) is 5.88 Å². The smallest absolute Gasteiger partial charge is 0.262 e. The Kier molecular flexibility index (Phi) is 3.03. The predicted octanol–water partition coefficient (Wildman–Crippen LogP) is 2.75. The first-order valence-electron chi connectivity index (χ1n) is 6.22. The summed E-state index contributed by atoms with van der Waals surface area (Å²) in [6.07, 6.45) is 3.04. The lowest BCUT2D eigenvalue weighted by Crippen LogP contribution is -2.14. The van der Waals surface area contributed by atoms with E-state index in [4.69, 9.17) is 11.6 Å². The van der Waals surface area contributed by atoms with Crippen molar-refractivity contribution in [1.29, 1.82) is 0 Å². The maximum absolute atomic E-state index is 12.1. The molecule has 1 heterocycles. The van der Waals surface area contributed by atoms with Crippen LogP contribution < -0.4 is 5.56 Å². The molecule has 0 amide bonds. The van der Waals surface area contributed by atoms with Gasteiger partial charge in [0.2, 0.25) is 5.88 Å². The maximum Gasteiger partial charge on any atom is 0.262 e. The van der Waals surface area contributed by atoms with Gasteiger partial charge in [0.05, 0.1) is 0 Å². The Balaban J connectivity index is 2.07. The molecule has 19 heavy (non-hydrogen) atoms. The highest BCUT2D eigenvalue weighted by molar-refractivity contribution is 6.33. The number of aromatic hydroxyl groups is 1. The first kappa shape index (κ1) is 12.2. The number of aromatic nitrogens is 2. The molecule has 0 saturated heterocycles. The Bertz CT molecular complexity index is 677. The number of nitrogens with zero attached hydrogens (tertiary/aromatic N) is 1. The van der Waals surface area contributed by atoms with Crippen LogP contribution in [0.15, 0.2) is 29.1 Å². The first-order valence-corrected chi connectivity index (χ1v) is 6.60. The third-order valence-electron chi connectivity index (χ3n) is 3.27. The molecule has 5 heteroatoms. The normalized spacial score (nSPS) is 14.6. The number of rotatable bonds is 3. The third kappa shape index (κ3) is 2.49. The van der Waals surface area contributed by atoms with Crippen LogP contribution in [0.4, 0.5) is 0 Å². The van der Waals surface area contributed by atoms with Crippen LogP contribution in [0.2, 0.25) is 5.02 Å². The lowest BCUT2D eigenvalue weighted by molar-refractivity contribution is 0.449. The average Bonchev–Trinajstić information content (AvgIpc) is 3.14. The summed E-state index contributed by atoms with van der Waals surface area (Å²) in [5, 5.41) is 10.4. The molecule has 0 unspecified atom stereocenters. The number of hydrogen-bond acceptors (Lipinski definition) is 3. The zero-order valence-corrected chi connectivity index (χ0v) is 10.9. The summed E-state index contributed by atoms with van der Waals surface area (Å²) in [4.78, 5) is 18.9. The quantitative estimate of drug-likeness (QED) is 0.906. The van der Waals surface area contributed by atoms with E-state index in [-0.39, 0.29) is 17.0 Å². The van der Waals surface area contributed by atoms with Gasteiger partial charge in [-0.05, 0) is 24.8 Å². The SMILES string of the molecule is O=c1[nH]c(CC2CC2)nc(O)c1-c1ccccc1Cl. The lowest BCUT2D eigenvalue weighted by atomic mass is 10.1. The van der Waals surface area contributed by atoms with Gasteiger partial charge in [0.15, 0.2) is 0 Å². The lowest BCUT2D eigenvalue weighted by Gasteiger charge is -2.07. The van der Waals surface area contributed by atoms with Crippen molar-refractivity contribution in [2.45, 2.75) is 19.3 Å². The van der Waals surface area contributed by atoms with Crippen molar-refractivity contribution in [2.75, 3.05) is 0 Å². The second kappa shape index (κ2) is 4.70. The van der Waals surface area contributed by atoms with E-state index < -0.39 is 0 Å². The van der Waals surface area contributed by atoms with E-state index in [9.17, 15) is 9.90 Å². The Morgan fingerprint density at radius 2 is 2.11 bits per heavy atom. The van der Waals surface area contributed by atoms with E-state index in [2.05, 4.69) is 9.97 Å². The maximum atomic E-state index is 12.1. The molecule has 98 valence electrons. The average molecular weight is 277 g/mol. The van der Waals surface area contributed by atoms with Gasteiger partial charge in [-0.1, -0.05) is 29.8 Å². The Labute approximate surface area is 115 Å². The molecule has 1 saturated carbocycles. The van der Waals surface area contributed by atoms with Crippen molar-refractivity contribution in [3.8, 4) is 17.0 Å². The molecule has 3 rings (SSSR count). The zero-order valence-electron chi connectivity index (χ0n) is 10.2. The summed E-state index contributed by atoms with van der Waals surface area (Å²) < 4.78 is 0. The van der Waals surface area contributed by atoms with Gasteiger partial charge in [-0.2, -0.15) is 4.98 Å². The van der Waals surface area contributed by atoms with Gasteiger partial charge in [0, 0.05) is 17.0 Å². The molecule has 0 radical (unpaired) electrons. The summed E-state index contributed by atoms with van der Waals surface area (Å²) in [7, 11) is 0. The van der Waals surface area contributed by atoms with Gasteiger partial charge < -0.3 is 10.1 Å². The summed E-state index contributed by atoms with van der Waals surface area (Å²) in [6, 6.07) is 6.90. The minimum Gasteiger partial charge on any atom is -0.493 e. The molecule has 1 aliphatic rings. The third-order valence-corrected chi connectivity index (χ3v) is 3.60. The van der Waals surface area contributed by atoms with E-state index in [0.29, 0.717) is 28.7 Å². The second-order valence-corrected chi connectivity index (χ2v) is 5.25. The minimum absolute atomic E-state index is 0.130. The Morgan fingerprint density at radius 1 is 1.37 bits per heavy atom. The summed E-state index contributed by atoms with van der Waals surface area (Å²) in [6.45, 7) is 0. The van der Waals surface area contributed by atoms with Crippen molar-refractivity contribution >= 4 is 11.6 Å². The van der Waals surface area contributed by atoms with E-state index in [1.165, 1.54) is 0 Å². The summed E-state index contributed by atoms with van der Waals surface area (Å²) in [5.74, 6) is 0.877. The summed E-state index contributed by atoms with van der Waals surface area (Å²) in [5.41, 5.74) is 0.273. The molecule has 0 bridgehead atoms. The van der Waals surface area contributed by atoms with Gasteiger partial charge in [-0.3, -0.25) is 4.79 Å². The highest BCUT2D eigenvalue weighted by atomic mass is 35.5. The molecule has 1 aliphatic carbocycles. The topological polar surface area (TPSA) is 66.0 Å². The van der Waals surface area contributed by atoms with E-state index in [0.717, 1.165) is 12.8 Å². The Morgan fingerprint density at radius 3 is 2.74 bits per heavy atom. The van der Waals surface area contributed by atoms with E-state index in [1.807, 2.05) is 0 Å². The van der Waals surface area contributed by atoms with Crippen molar-refractivity contribution in [1.82, 2.24) is 9.97 Å². The standard InChI is InChI=1S/C14H13ClN2O2/c15-10-4-2-1-3-9(10)12-13(18)16-11(17-14(12)19)7-8-5-6-8/h1-4,8H,5-7H2,(H2,16,17,18,19). The van der Waals surface area contributed by atoms with Crippen molar-refractivity contribution in [3.05, 3.63) is 45.5 Å². The number of aromatic amines is 1. The van der Waals surface area contributed by atoms with Gasteiger partial charge in [0.25, 0.3) is 5.56 Å². The monoisotopic (exact) mass is 276 g/mol. The van der Waals surface area contributed by atoms with Crippen LogP contribution in [0.25, 0.3) is 11.1 Å². The van der Waals surface area contributed by atoms with Crippen LogP contribution in [-0.4, -0.2) is 15.1 Å². The zero-order chi connectivity index (χ0) is 13.4. The van der Waals surface area contributed by atoms with Crippen LogP contribution in [0.1, 0.15) is 18.7 Å². The largest absolute Gasteiger partial charge is 0.493 e. The van der Waals surface area contributed by atoms with Crippen molar-refractivity contribution in [2.24, 2.45) is 5.92 Å². The molecular weight excluding hydrogens is 264 g/mol. The molecule has 0 aliphatic heterocycles. The first-order chi connectivity index (χ1) is 9.15. The fourth-order valence-electron chi connectivity index (χ4n) is 2.11. The Hall–Kier alpha value is -1.81. The highest BCUT2D eigenvalue weighted by Crippen LogP contribution is 2.33. The number of benzene rings is 1. The second-order valence-electron chi connectivity index (χ2n) is 4.84. The van der Waals surface area contributed by atoms with Crippen LogP contribution >= 0.6 is 11.6 Å². The number of nitrogens with one attached hydrogen (secondary N) is 1. The molecule has 4 nitrogen and oxygen atoms in total. The molecule has 2 N–H and O–H groups in total. The van der Waals surface area contributed by atoms with Gasteiger partial charge in [-0.25, -0.2) is 0 Å². The van der Waals surface area contributed by atoms with Crippen molar-refractivity contribution in [3.63, 3.8) is 0 Å². The number of H-pyrrole nitrogens is 1. The summed E-state index contributed by atoms with van der Waals surface area (Å²) >= 11 is 6.05. The number of hydrogen-bond donors (Lipinski definition) is 2. The molecule has 0 spiro atoms. The molecular formula is C14H13ClN2O2. The minimum atomic E-state index is -0.351. The molecule has 1 aromatic heterocycles. The molecule has 1 aromatic carbocycles. The van der Waals surface area contributed by atoms with E-state index >= 15 is 0 Å². The van der Waals surface area contributed by atoms with E-state index in [1.54, 1.807) is 24.3 Å². The fraction of sp³-hybridized carbons (Fsp3) is 0.286. The molecule has 0 atom stereocenters. The van der Waals surface area contributed by atoms with Crippen LogP contribution in [-0.2, 0) is 6.42 Å². The molecule has 2 aromatic rings. The number of halogens is 1. The van der Waals surface area contributed by atoms with Crippen molar-refractivity contribution < 1.29 is 5.11 Å². The predicted molar refractivity (Wildman–Crippen MR) is 73.4 cm³/mol. The van der Waals surface area contributed by atoms with Crippen LogP contribution in [0, 0.1) is 5.92 Å². The fourth-order valence-corrected chi connectivity index (χ4v) is 2.34.